The first kappa shape index (κ1) is 19.2. The first-order chi connectivity index (χ1) is 13.0. The van der Waals surface area contributed by atoms with Crippen LogP contribution in [-0.2, 0) is 0 Å². The molecule has 0 bridgehead atoms. The fourth-order valence-corrected chi connectivity index (χ4v) is 3.39. The molecule has 0 saturated heterocycles. The summed E-state index contributed by atoms with van der Waals surface area (Å²) in [5.74, 6) is 1.12. The molecule has 0 aliphatic carbocycles. The quantitative estimate of drug-likeness (QED) is 0.418. The van der Waals surface area contributed by atoms with E-state index in [9.17, 15) is 4.79 Å². The van der Waals surface area contributed by atoms with Crippen molar-refractivity contribution in [3.63, 3.8) is 0 Å². The number of nitrogens with zero attached hydrogens (tertiary/aromatic N) is 2. The largest absolute Gasteiger partial charge is 0.493 e. The highest BCUT2D eigenvalue weighted by molar-refractivity contribution is 8.00. The molecule has 2 aromatic carbocycles. The number of ether oxygens (including phenoxy) is 1. The molecule has 0 spiro atoms. The Labute approximate surface area is 163 Å². The summed E-state index contributed by atoms with van der Waals surface area (Å²) in [5, 5.41) is 8.22. The molecule has 0 radical (unpaired) electrons. The van der Waals surface area contributed by atoms with Gasteiger partial charge in [0.2, 0.25) is 0 Å². The fraction of sp³-hybridized carbons (Fsp3) is 0.286. The van der Waals surface area contributed by atoms with Crippen molar-refractivity contribution in [2.45, 2.75) is 38.2 Å². The van der Waals surface area contributed by atoms with Gasteiger partial charge in [0, 0.05) is 5.56 Å². The Morgan fingerprint density at radius 1 is 1.15 bits per heavy atom. The summed E-state index contributed by atoms with van der Waals surface area (Å²) in [4.78, 5) is 12.7. The number of benzene rings is 2. The van der Waals surface area contributed by atoms with E-state index in [0.717, 1.165) is 11.1 Å². The van der Waals surface area contributed by atoms with Gasteiger partial charge >= 0.3 is 0 Å². The maximum absolute atomic E-state index is 12.7. The number of hydrogen-bond donors (Lipinski definition) is 0. The molecule has 1 aromatic heterocycles. The van der Waals surface area contributed by atoms with Gasteiger partial charge in [0.05, 0.1) is 17.4 Å². The van der Waals surface area contributed by atoms with Crippen LogP contribution in [0.15, 0.2) is 52.1 Å². The number of rotatable bonds is 7. The average Bonchev–Trinajstić information content (AvgIpc) is 3.12. The molecule has 0 aliphatic heterocycles. The Balaban J connectivity index is 1.75. The minimum atomic E-state index is -0.331. The number of carbonyl (C=O) groups excluding carboxylic acids is 1. The predicted molar refractivity (Wildman–Crippen MR) is 106 cm³/mol. The van der Waals surface area contributed by atoms with Gasteiger partial charge in [0.15, 0.2) is 5.78 Å². The summed E-state index contributed by atoms with van der Waals surface area (Å²) in [6.45, 7) is 8.35. The van der Waals surface area contributed by atoms with Gasteiger partial charge in [-0.15, -0.1) is 10.2 Å². The second kappa shape index (κ2) is 8.39. The Hall–Kier alpha value is -2.60. The summed E-state index contributed by atoms with van der Waals surface area (Å²) in [6.07, 6.45) is 0. The van der Waals surface area contributed by atoms with Crippen LogP contribution in [-0.4, -0.2) is 27.8 Å². The summed E-state index contributed by atoms with van der Waals surface area (Å²) in [6, 6.07) is 13.3. The molecule has 6 heteroatoms. The molecule has 140 valence electrons. The summed E-state index contributed by atoms with van der Waals surface area (Å²) >= 11 is 1.26. The molecular formula is C21H22N2O3S. The molecule has 0 saturated carbocycles. The van der Waals surface area contributed by atoms with E-state index in [1.54, 1.807) is 0 Å². The van der Waals surface area contributed by atoms with Gasteiger partial charge in [0.1, 0.15) is 5.75 Å². The molecule has 0 amide bonds. The van der Waals surface area contributed by atoms with Gasteiger partial charge in [0.25, 0.3) is 11.1 Å². The van der Waals surface area contributed by atoms with Crippen molar-refractivity contribution in [1.82, 2.24) is 10.2 Å². The van der Waals surface area contributed by atoms with E-state index in [0.29, 0.717) is 29.0 Å². The number of Topliss-reactive ketones (excluding diaryl/α,β-unsaturated/α-hetero) is 1. The van der Waals surface area contributed by atoms with Crippen LogP contribution in [0.2, 0.25) is 0 Å². The van der Waals surface area contributed by atoms with E-state index in [1.807, 2.05) is 70.2 Å². The highest BCUT2D eigenvalue weighted by atomic mass is 32.2. The van der Waals surface area contributed by atoms with Gasteiger partial charge in [-0.1, -0.05) is 36.0 Å². The Bertz CT molecular complexity index is 952. The third-order valence-electron chi connectivity index (χ3n) is 4.26. The van der Waals surface area contributed by atoms with E-state index in [1.165, 1.54) is 17.3 Å². The lowest BCUT2D eigenvalue weighted by molar-refractivity contribution is 0.0993. The van der Waals surface area contributed by atoms with E-state index < -0.39 is 0 Å². The Morgan fingerprint density at radius 3 is 2.67 bits per heavy atom. The number of thioether (sulfide) groups is 1. The Morgan fingerprint density at radius 2 is 1.93 bits per heavy atom. The summed E-state index contributed by atoms with van der Waals surface area (Å²) in [7, 11) is 0. The monoisotopic (exact) mass is 382 g/mol. The van der Waals surface area contributed by atoms with Crippen LogP contribution < -0.4 is 4.74 Å². The molecule has 27 heavy (non-hydrogen) atoms. The zero-order valence-electron chi connectivity index (χ0n) is 15.9. The number of ketones is 1. The van der Waals surface area contributed by atoms with E-state index in [4.69, 9.17) is 9.15 Å². The lowest BCUT2D eigenvalue weighted by atomic mass is 10.0. The number of carbonyl (C=O) groups is 1. The number of hydrogen-bond acceptors (Lipinski definition) is 6. The van der Waals surface area contributed by atoms with Gasteiger partial charge in [-0.05, 0) is 57.0 Å². The van der Waals surface area contributed by atoms with Crippen molar-refractivity contribution < 1.29 is 13.9 Å². The molecule has 0 aliphatic rings. The molecule has 3 rings (SSSR count). The molecule has 1 unspecified atom stereocenters. The van der Waals surface area contributed by atoms with Gasteiger partial charge in [-0.2, -0.15) is 0 Å². The van der Waals surface area contributed by atoms with Crippen LogP contribution in [0.5, 0.6) is 5.75 Å². The van der Waals surface area contributed by atoms with E-state index in [-0.39, 0.29) is 11.0 Å². The van der Waals surface area contributed by atoms with Crippen molar-refractivity contribution in [3.05, 3.63) is 59.2 Å². The smallest absolute Gasteiger partial charge is 0.277 e. The minimum Gasteiger partial charge on any atom is -0.493 e. The second-order valence-corrected chi connectivity index (χ2v) is 7.52. The van der Waals surface area contributed by atoms with Crippen LogP contribution in [0.3, 0.4) is 0 Å². The minimum absolute atomic E-state index is 0.0394. The summed E-state index contributed by atoms with van der Waals surface area (Å²) < 4.78 is 11.4. The zero-order valence-corrected chi connectivity index (χ0v) is 16.7. The zero-order chi connectivity index (χ0) is 19.4. The molecule has 1 heterocycles. The molecule has 0 fully saturated rings. The fourth-order valence-electron chi connectivity index (χ4n) is 2.63. The Kier molecular flexibility index (Phi) is 5.96. The second-order valence-electron chi connectivity index (χ2n) is 6.23. The third-order valence-corrected chi connectivity index (χ3v) is 5.20. The normalized spacial score (nSPS) is 12.0. The van der Waals surface area contributed by atoms with E-state index in [2.05, 4.69) is 10.2 Å². The third kappa shape index (κ3) is 4.39. The van der Waals surface area contributed by atoms with Crippen LogP contribution >= 0.6 is 11.8 Å². The van der Waals surface area contributed by atoms with Gasteiger partial charge in [-0.3, -0.25) is 4.79 Å². The van der Waals surface area contributed by atoms with E-state index >= 15 is 0 Å². The average molecular weight is 382 g/mol. The van der Waals surface area contributed by atoms with Crippen molar-refractivity contribution in [2.24, 2.45) is 0 Å². The number of aromatic nitrogens is 2. The van der Waals surface area contributed by atoms with Crippen molar-refractivity contribution in [3.8, 4) is 17.2 Å². The maximum Gasteiger partial charge on any atom is 0.277 e. The highest BCUT2D eigenvalue weighted by Crippen LogP contribution is 2.32. The topological polar surface area (TPSA) is 65.2 Å². The first-order valence-electron chi connectivity index (χ1n) is 8.83. The molecule has 0 N–H and O–H groups in total. The van der Waals surface area contributed by atoms with Crippen molar-refractivity contribution in [2.75, 3.05) is 6.61 Å². The molecule has 1 atom stereocenters. The molecular weight excluding hydrogens is 360 g/mol. The highest BCUT2D eigenvalue weighted by Gasteiger charge is 2.21. The standard InChI is InChI=1S/C21H22N2O3S/c1-5-25-18-9-7-6-8-17(18)20-22-23-21(26-20)27-15(4)19(24)16-11-10-13(2)14(3)12-16/h6-12,15H,5H2,1-4H3. The van der Waals surface area contributed by atoms with Crippen LogP contribution in [0.25, 0.3) is 11.5 Å². The lowest BCUT2D eigenvalue weighted by Crippen LogP contribution is -2.13. The van der Waals surface area contributed by atoms with Crippen LogP contribution in [0, 0.1) is 13.8 Å². The predicted octanol–water partition coefficient (Wildman–Crippen LogP) is 5.12. The van der Waals surface area contributed by atoms with Crippen LogP contribution in [0.4, 0.5) is 0 Å². The lowest BCUT2D eigenvalue weighted by Gasteiger charge is -2.09. The molecule has 3 aromatic rings. The SMILES string of the molecule is CCOc1ccccc1-c1nnc(SC(C)C(=O)c2ccc(C)c(C)c2)o1. The summed E-state index contributed by atoms with van der Waals surface area (Å²) in [5.41, 5.74) is 3.71. The number of para-hydroxylation sites is 1. The van der Waals surface area contributed by atoms with Crippen molar-refractivity contribution in [1.29, 1.82) is 0 Å². The van der Waals surface area contributed by atoms with Gasteiger partial charge in [-0.25, -0.2) is 0 Å². The number of aryl methyl sites for hydroxylation is 2. The van der Waals surface area contributed by atoms with Crippen LogP contribution in [0.1, 0.15) is 35.3 Å². The maximum atomic E-state index is 12.7. The van der Waals surface area contributed by atoms with Crippen molar-refractivity contribution >= 4 is 17.5 Å². The molecule has 5 nitrogen and oxygen atoms in total. The van der Waals surface area contributed by atoms with Gasteiger partial charge < -0.3 is 9.15 Å². The first-order valence-corrected chi connectivity index (χ1v) is 9.71.